The maximum Gasteiger partial charge on any atom is 0.195 e. The number of hydrogen-bond donors (Lipinski definition) is 1. The van der Waals surface area contributed by atoms with E-state index in [1.165, 1.54) is 32.4 Å². The van der Waals surface area contributed by atoms with E-state index in [0.29, 0.717) is 5.56 Å². The summed E-state index contributed by atoms with van der Waals surface area (Å²) < 4.78 is 12.9. The fourth-order valence-corrected chi connectivity index (χ4v) is 6.46. The first-order valence-corrected chi connectivity index (χ1v) is 13.8. The van der Waals surface area contributed by atoms with Gasteiger partial charge in [-0.2, -0.15) is 0 Å². The van der Waals surface area contributed by atoms with Gasteiger partial charge in [-0.25, -0.2) is 0 Å². The number of methoxy groups -OCH3 is 2. The Kier molecular flexibility index (Phi) is 7.49. The third-order valence-electron chi connectivity index (χ3n) is 7.50. The molecule has 3 aromatic carbocycles. The number of likely N-dealkylation sites (tertiary alicyclic amines) is 1. The van der Waals surface area contributed by atoms with Crippen molar-refractivity contribution in [2.45, 2.75) is 19.3 Å². The molecule has 0 unspecified atom stereocenters. The van der Waals surface area contributed by atoms with Gasteiger partial charge in [-0.15, -0.1) is 11.3 Å². The molecule has 0 spiro atoms. The van der Waals surface area contributed by atoms with E-state index in [9.17, 15) is 4.79 Å². The van der Waals surface area contributed by atoms with Crippen molar-refractivity contribution in [1.82, 2.24) is 0 Å². The van der Waals surface area contributed by atoms with Crippen LogP contribution in [0, 0.1) is 0 Å². The van der Waals surface area contributed by atoms with E-state index in [2.05, 4.69) is 12.4 Å². The van der Waals surface area contributed by atoms with Crippen LogP contribution in [-0.4, -0.2) is 57.7 Å². The number of fused-ring (bicyclic) bond motifs is 1. The Morgan fingerprint density at radius 1 is 0.892 bits per heavy atom. The number of benzene rings is 3. The van der Waals surface area contributed by atoms with Crippen molar-refractivity contribution in [2.24, 2.45) is 0 Å². The van der Waals surface area contributed by atoms with E-state index < -0.39 is 0 Å². The van der Waals surface area contributed by atoms with E-state index in [-0.39, 0.29) is 5.78 Å². The van der Waals surface area contributed by atoms with Crippen molar-refractivity contribution in [3.63, 3.8) is 0 Å². The lowest BCUT2D eigenvalue weighted by Gasteiger charge is -2.37. The summed E-state index contributed by atoms with van der Waals surface area (Å²) in [5, 5.41) is 4.50. The van der Waals surface area contributed by atoms with Crippen molar-refractivity contribution in [2.75, 3.05) is 52.8 Å². The van der Waals surface area contributed by atoms with E-state index in [0.717, 1.165) is 60.8 Å². The van der Waals surface area contributed by atoms with Gasteiger partial charge in [0, 0.05) is 31.8 Å². The number of thiophene rings is 1. The van der Waals surface area contributed by atoms with Crippen molar-refractivity contribution in [3.8, 4) is 21.9 Å². The molecular formula is C31H35N2O3S+. The highest BCUT2D eigenvalue weighted by Gasteiger charge is 2.24. The standard InChI is InChI=1S/C31H34N2O3S/c1-33(18-5-4-6-19-33)20-17-32-24-11-7-22(8-12-24)30(34)29-27-16-15-26(36-3)21-28(27)37-31(29)23-9-13-25(35-2)14-10-23/h7-16,21H,4-6,17-20H2,1-3H3/p+1. The summed E-state index contributed by atoms with van der Waals surface area (Å²) in [5.41, 5.74) is 3.47. The summed E-state index contributed by atoms with van der Waals surface area (Å²) in [7, 11) is 5.68. The third kappa shape index (κ3) is 5.50. The van der Waals surface area contributed by atoms with Gasteiger partial charge < -0.3 is 19.3 Å². The summed E-state index contributed by atoms with van der Waals surface area (Å²) in [4.78, 5) is 14.9. The molecular weight excluding hydrogens is 480 g/mol. The molecule has 1 aromatic heterocycles. The van der Waals surface area contributed by atoms with Gasteiger partial charge in [-0.1, -0.05) is 0 Å². The van der Waals surface area contributed by atoms with Crippen molar-refractivity contribution < 1.29 is 18.8 Å². The molecule has 0 radical (unpaired) electrons. The number of rotatable bonds is 9. The highest BCUT2D eigenvalue weighted by atomic mass is 32.1. The summed E-state index contributed by atoms with van der Waals surface area (Å²) in [5.74, 6) is 1.60. The number of quaternary nitrogens is 1. The predicted octanol–water partition coefficient (Wildman–Crippen LogP) is 6.86. The molecule has 5 nitrogen and oxygen atoms in total. The van der Waals surface area contributed by atoms with Gasteiger partial charge >= 0.3 is 0 Å². The Bertz CT molecular complexity index is 1370. The van der Waals surface area contributed by atoms with Gasteiger partial charge in [-0.3, -0.25) is 4.79 Å². The Labute approximate surface area is 223 Å². The number of ether oxygens (including phenoxy) is 2. The first kappa shape index (κ1) is 25.3. The smallest absolute Gasteiger partial charge is 0.195 e. The molecule has 0 aliphatic carbocycles. The zero-order valence-electron chi connectivity index (χ0n) is 21.9. The lowest BCUT2D eigenvalue weighted by atomic mass is 9.97. The Hall–Kier alpha value is -3.35. The molecule has 1 N–H and O–H groups in total. The van der Waals surface area contributed by atoms with Gasteiger partial charge in [0.05, 0.1) is 47.4 Å². The molecule has 1 aliphatic heterocycles. The second-order valence-electron chi connectivity index (χ2n) is 10.1. The predicted molar refractivity (Wildman–Crippen MR) is 153 cm³/mol. The van der Waals surface area contributed by atoms with Crippen molar-refractivity contribution in [1.29, 1.82) is 0 Å². The van der Waals surface area contributed by atoms with Crippen LogP contribution in [0.5, 0.6) is 11.5 Å². The molecule has 1 aliphatic rings. The van der Waals surface area contributed by atoms with Gasteiger partial charge in [0.25, 0.3) is 0 Å². The molecule has 1 fully saturated rings. The first-order chi connectivity index (χ1) is 18.0. The number of carbonyl (C=O) groups is 1. The minimum atomic E-state index is 0.0279. The van der Waals surface area contributed by atoms with Crippen LogP contribution in [-0.2, 0) is 0 Å². The molecule has 0 bridgehead atoms. The first-order valence-electron chi connectivity index (χ1n) is 13.0. The lowest BCUT2D eigenvalue weighted by Crippen LogP contribution is -2.50. The maximum atomic E-state index is 13.9. The highest BCUT2D eigenvalue weighted by molar-refractivity contribution is 7.22. The Morgan fingerprint density at radius 3 is 2.24 bits per heavy atom. The minimum Gasteiger partial charge on any atom is -0.497 e. The van der Waals surface area contributed by atoms with Crippen molar-refractivity contribution in [3.05, 3.63) is 77.9 Å². The summed E-state index contributed by atoms with van der Waals surface area (Å²) in [6, 6.07) is 21.7. The zero-order valence-corrected chi connectivity index (χ0v) is 22.7. The molecule has 192 valence electrons. The average molecular weight is 516 g/mol. The molecule has 4 aromatic rings. The molecule has 0 saturated carbocycles. The fourth-order valence-electron chi connectivity index (χ4n) is 5.23. The van der Waals surface area contributed by atoms with Gasteiger partial charge in [0.15, 0.2) is 5.78 Å². The Morgan fingerprint density at radius 2 is 1.57 bits per heavy atom. The number of hydrogen-bond acceptors (Lipinski definition) is 5. The largest absolute Gasteiger partial charge is 0.497 e. The second kappa shape index (κ2) is 11.0. The Balaban J connectivity index is 1.40. The van der Waals surface area contributed by atoms with Gasteiger partial charge in [0.2, 0.25) is 0 Å². The number of anilines is 1. The highest BCUT2D eigenvalue weighted by Crippen LogP contribution is 2.41. The summed E-state index contributed by atoms with van der Waals surface area (Å²) in [6.45, 7) is 4.59. The summed E-state index contributed by atoms with van der Waals surface area (Å²) in [6.07, 6.45) is 4.02. The van der Waals surface area contributed by atoms with Crippen LogP contribution >= 0.6 is 11.3 Å². The maximum absolute atomic E-state index is 13.9. The number of ketones is 1. The normalized spacial score (nSPS) is 14.9. The SMILES string of the molecule is COc1ccc(-c2sc3cc(OC)ccc3c2C(=O)c2ccc(NCC[N+]3(C)CCCCC3)cc2)cc1. The monoisotopic (exact) mass is 515 g/mol. The van der Waals surface area contributed by atoms with E-state index in [1.54, 1.807) is 25.6 Å². The van der Waals surface area contributed by atoms with Gasteiger partial charge in [-0.05, 0) is 91.6 Å². The molecule has 0 atom stereocenters. The lowest BCUT2D eigenvalue weighted by molar-refractivity contribution is -0.912. The van der Waals surface area contributed by atoms with Gasteiger partial charge in [0.1, 0.15) is 11.5 Å². The fraction of sp³-hybridized carbons (Fsp3) is 0.323. The molecule has 6 heteroatoms. The molecule has 2 heterocycles. The minimum absolute atomic E-state index is 0.0279. The zero-order chi connectivity index (χ0) is 25.8. The van der Waals surface area contributed by atoms with Crippen molar-refractivity contribution >= 4 is 32.9 Å². The number of piperidine rings is 1. The second-order valence-corrected chi connectivity index (χ2v) is 11.1. The molecule has 5 rings (SSSR count). The molecule has 0 amide bonds. The van der Waals surface area contributed by atoms with E-state index >= 15 is 0 Å². The van der Waals surface area contributed by atoms with Crippen LogP contribution < -0.4 is 14.8 Å². The van der Waals surface area contributed by atoms with Crippen LogP contribution in [0.15, 0.2) is 66.7 Å². The number of carbonyl (C=O) groups excluding carboxylic acids is 1. The van der Waals surface area contributed by atoms with Crippen LogP contribution in [0.2, 0.25) is 0 Å². The quantitative estimate of drug-likeness (QED) is 0.195. The van der Waals surface area contributed by atoms with Crippen LogP contribution in [0.4, 0.5) is 5.69 Å². The van der Waals surface area contributed by atoms with E-state index in [1.807, 2.05) is 66.7 Å². The number of likely N-dealkylation sites (N-methyl/N-ethyl adjacent to an activating group) is 1. The number of nitrogens with one attached hydrogen (secondary N) is 1. The average Bonchev–Trinajstić information content (AvgIpc) is 3.32. The summed E-state index contributed by atoms with van der Waals surface area (Å²) >= 11 is 1.61. The third-order valence-corrected chi connectivity index (χ3v) is 8.70. The van der Waals surface area contributed by atoms with Crippen LogP contribution in [0.1, 0.15) is 35.2 Å². The van der Waals surface area contributed by atoms with Crippen LogP contribution in [0.3, 0.4) is 0 Å². The van der Waals surface area contributed by atoms with E-state index in [4.69, 9.17) is 9.47 Å². The molecule has 1 saturated heterocycles. The van der Waals surface area contributed by atoms with Crippen LogP contribution in [0.25, 0.3) is 20.5 Å². The number of nitrogens with zero attached hydrogens (tertiary/aromatic N) is 1. The topological polar surface area (TPSA) is 47.6 Å². The molecule has 37 heavy (non-hydrogen) atoms.